The molecule has 2 aliphatic rings. The molecule has 0 aliphatic carbocycles. The summed E-state index contributed by atoms with van der Waals surface area (Å²) in [6.45, 7) is 1.35. The molecule has 1 amide bonds. The highest BCUT2D eigenvalue weighted by Gasteiger charge is 2.26. The Labute approximate surface area is 141 Å². The molecular formula is C19H20N2O3. The van der Waals surface area contributed by atoms with Crippen LogP contribution in [0.3, 0.4) is 0 Å². The Morgan fingerprint density at radius 2 is 1.92 bits per heavy atom. The number of nitrogens with one attached hydrogen (secondary N) is 2. The molecule has 2 aliphatic heterocycles. The summed E-state index contributed by atoms with van der Waals surface area (Å²) in [5.74, 6) is 0.688. The van der Waals surface area contributed by atoms with Crippen LogP contribution >= 0.6 is 0 Å². The lowest BCUT2D eigenvalue weighted by molar-refractivity contribution is 0.0673. The van der Waals surface area contributed by atoms with Crippen molar-refractivity contribution in [2.45, 2.75) is 25.1 Å². The third-order valence-electron chi connectivity index (χ3n) is 4.43. The summed E-state index contributed by atoms with van der Waals surface area (Å²) in [6.07, 6.45) is 1.97. The molecule has 0 radical (unpaired) electrons. The van der Waals surface area contributed by atoms with E-state index in [-0.39, 0.29) is 18.2 Å². The fourth-order valence-corrected chi connectivity index (χ4v) is 3.17. The first kappa shape index (κ1) is 15.0. The number of hydrogen-bond acceptors (Lipinski definition) is 4. The van der Waals surface area contributed by atoms with Crippen LogP contribution in [0.4, 0.5) is 5.69 Å². The summed E-state index contributed by atoms with van der Waals surface area (Å²) in [7, 11) is 0. The molecule has 2 aromatic carbocycles. The number of hydrogen-bond donors (Lipinski definition) is 2. The first-order chi connectivity index (χ1) is 11.8. The van der Waals surface area contributed by atoms with Crippen LogP contribution in [0.5, 0.6) is 5.75 Å². The van der Waals surface area contributed by atoms with E-state index in [2.05, 4.69) is 10.6 Å². The van der Waals surface area contributed by atoms with Crippen molar-refractivity contribution >= 4 is 11.6 Å². The molecule has 2 unspecified atom stereocenters. The first-order valence-corrected chi connectivity index (χ1v) is 8.31. The standard InChI is InChI=1S/C19H20N2O3/c22-19-14-7-1-3-9-16(14)20-18(21-19)15-8-2-4-10-17(15)24-12-13-6-5-11-23-13/h1-4,7-10,13,18,20H,5-6,11-12H2,(H,21,22). The zero-order chi connectivity index (χ0) is 16.4. The zero-order valence-corrected chi connectivity index (χ0v) is 13.3. The van der Waals surface area contributed by atoms with Crippen LogP contribution in [0.2, 0.25) is 0 Å². The van der Waals surface area contributed by atoms with Crippen molar-refractivity contribution in [3.8, 4) is 5.75 Å². The average molecular weight is 324 g/mol. The highest BCUT2D eigenvalue weighted by Crippen LogP contribution is 2.31. The average Bonchev–Trinajstić information content (AvgIpc) is 3.14. The van der Waals surface area contributed by atoms with Crippen LogP contribution in [0.25, 0.3) is 0 Å². The van der Waals surface area contributed by atoms with E-state index in [9.17, 15) is 4.79 Å². The van der Waals surface area contributed by atoms with E-state index in [0.29, 0.717) is 12.2 Å². The van der Waals surface area contributed by atoms with Gasteiger partial charge in [0.15, 0.2) is 0 Å². The Morgan fingerprint density at radius 3 is 2.79 bits per heavy atom. The molecule has 5 heteroatoms. The van der Waals surface area contributed by atoms with E-state index >= 15 is 0 Å². The quantitative estimate of drug-likeness (QED) is 0.907. The molecule has 24 heavy (non-hydrogen) atoms. The molecule has 2 aromatic rings. The highest BCUT2D eigenvalue weighted by atomic mass is 16.5. The number of rotatable bonds is 4. The number of benzene rings is 2. The minimum atomic E-state index is -0.312. The predicted octanol–water partition coefficient (Wildman–Crippen LogP) is 3.10. The van der Waals surface area contributed by atoms with Crippen LogP contribution in [-0.2, 0) is 4.74 Å². The Balaban J connectivity index is 1.55. The topological polar surface area (TPSA) is 59.6 Å². The van der Waals surface area contributed by atoms with Crippen molar-refractivity contribution in [3.63, 3.8) is 0 Å². The number of anilines is 1. The van der Waals surface area contributed by atoms with E-state index in [1.165, 1.54) is 0 Å². The molecule has 0 saturated carbocycles. The Hall–Kier alpha value is -2.53. The van der Waals surface area contributed by atoms with Gasteiger partial charge in [-0.25, -0.2) is 0 Å². The van der Waals surface area contributed by atoms with Gasteiger partial charge in [-0.3, -0.25) is 4.79 Å². The van der Waals surface area contributed by atoms with Crippen molar-refractivity contribution in [2.24, 2.45) is 0 Å². The van der Waals surface area contributed by atoms with E-state index in [4.69, 9.17) is 9.47 Å². The van der Waals surface area contributed by atoms with Crippen LogP contribution < -0.4 is 15.4 Å². The molecule has 124 valence electrons. The van der Waals surface area contributed by atoms with Gasteiger partial charge in [-0.2, -0.15) is 0 Å². The van der Waals surface area contributed by atoms with Crippen molar-refractivity contribution in [2.75, 3.05) is 18.5 Å². The molecule has 2 atom stereocenters. The zero-order valence-electron chi connectivity index (χ0n) is 13.3. The van der Waals surface area contributed by atoms with Gasteiger partial charge in [0, 0.05) is 17.9 Å². The lowest BCUT2D eigenvalue weighted by Gasteiger charge is -2.29. The summed E-state index contributed by atoms with van der Waals surface area (Å²) < 4.78 is 11.6. The van der Waals surface area contributed by atoms with Crippen molar-refractivity contribution in [1.29, 1.82) is 0 Å². The van der Waals surface area contributed by atoms with Crippen molar-refractivity contribution in [1.82, 2.24) is 5.32 Å². The summed E-state index contributed by atoms with van der Waals surface area (Å²) in [5, 5.41) is 6.36. The molecule has 5 nitrogen and oxygen atoms in total. The fourth-order valence-electron chi connectivity index (χ4n) is 3.17. The van der Waals surface area contributed by atoms with Crippen LogP contribution in [0.15, 0.2) is 48.5 Å². The van der Waals surface area contributed by atoms with Gasteiger partial charge in [0.05, 0.1) is 11.7 Å². The summed E-state index contributed by atoms with van der Waals surface area (Å²) in [5.41, 5.74) is 2.41. The maximum atomic E-state index is 12.3. The molecule has 0 bridgehead atoms. The molecular weight excluding hydrogens is 304 g/mol. The lowest BCUT2D eigenvalue weighted by atomic mass is 10.1. The fraction of sp³-hybridized carbons (Fsp3) is 0.316. The number of fused-ring (bicyclic) bond motifs is 1. The molecule has 2 N–H and O–H groups in total. The van der Waals surface area contributed by atoms with Gasteiger partial charge in [-0.15, -0.1) is 0 Å². The first-order valence-electron chi connectivity index (χ1n) is 8.31. The Bertz CT molecular complexity index is 741. The second-order valence-electron chi connectivity index (χ2n) is 6.08. The summed E-state index contributed by atoms with van der Waals surface area (Å²) in [4.78, 5) is 12.3. The predicted molar refractivity (Wildman–Crippen MR) is 91.2 cm³/mol. The summed E-state index contributed by atoms with van der Waals surface area (Å²) >= 11 is 0. The molecule has 0 spiro atoms. The number of ether oxygens (including phenoxy) is 2. The van der Waals surface area contributed by atoms with E-state index < -0.39 is 0 Å². The second kappa shape index (κ2) is 6.53. The van der Waals surface area contributed by atoms with Crippen molar-refractivity contribution in [3.05, 3.63) is 59.7 Å². The monoisotopic (exact) mass is 324 g/mol. The second-order valence-corrected chi connectivity index (χ2v) is 6.08. The van der Waals surface area contributed by atoms with Crippen LogP contribution in [-0.4, -0.2) is 25.2 Å². The van der Waals surface area contributed by atoms with Gasteiger partial charge in [0.1, 0.15) is 18.5 Å². The highest BCUT2D eigenvalue weighted by molar-refractivity contribution is 6.01. The third-order valence-corrected chi connectivity index (χ3v) is 4.43. The van der Waals surface area contributed by atoms with Crippen LogP contribution in [0.1, 0.15) is 34.9 Å². The number of para-hydroxylation sites is 2. The number of carbonyl (C=O) groups is 1. The van der Waals surface area contributed by atoms with E-state index in [1.807, 2.05) is 48.5 Å². The van der Waals surface area contributed by atoms with Crippen molar-refractivity contribution < 1.29 is 14.3 Å². The molecule has 2 heterocycles. The van der Waals surface area contributed by atoms with Crippen LogP contribution in [0, 0.1) is 0 Å². The number of carbonyl (C=O) groups excluding carboxylic acids is 1. The van der Waals surface area contributed by atoms with E-state index in [1.54, 1.807) is 0 Å². The maximum absolute atomic E-state index is 12.3. The lowest BCUT2D eigenvalue weighted by Crippen LogP contribution is -2.38. The van der Waals surface area contributed by atoms with Gasteiger partial charge >= 0.3 is 0 Å². The molecule has 0 aromatic heterocycles. The maximum Gasteiger partial charge on any atom is 0.255 e. The molecule has 1 saturated heterocycles. The van der Waals surface area contributed by atoms with Gasteiger partial charge < -0.3 is 20.1 Å². The third kappa shape index (κ3) is 2.95. The normalized spacial score (nSPS) is 22.4. The molecule has 1 fully saturated rings. The van der Waals surface area contributed by atoms with Gasteiger partial charge in [0.25, 0.3) is 5.91 Å². The van der Waals surface area contributed by atoms with Gasteiger partial charge in [0.2, 0.25) is 0 Å². The summed E-state index contributed by atoms with van der Waals surface area (Å²) in [6, 6.07) is 15.3. The van der Waals surface area contributed by atoms with Gasteiger partial charge in [-0.05, 0) is 31.0 Å². The minimum Gasteiger partial charge on any atom is -0.490 e. The Kier molecular flexibility index (Phi) is 4.09. The van der Waals surface area contributed by atoms with Gasteiger partial charge in [-0.1, -0.05) is 30.3 Å². The SMILES string of the molecule is O=C1NC(c2ccccc2OCC2CCCO2)Nc2ccccc21. The largest absolute Gasteiger partial charge is 0.490 e. The van der Waals surface area contributed by atoms with E-state index in [0.717, 1.165) is 36.4 Å². The minimum absolute atomic E-state index is 0.0803. The Morgan fingerprint density at radius 1 is 1.08 bits per heavy atom. The number of amides is 1. The smallest absolute Gasteiger partial charge is 0.255 e. The molecule has 4 rings (SSSR count).